The van der Waals surface area contributed by atoms with Crippen LogP contribution >= 0.6 is 0 Å². The third-order valence-electron chi connectivity index (χ3n) is 6.43. The number of rotatable bonds is 6. The van der Waals surface area contributed by atoms with E-state index in [4.69, 9.17) is 9.47 Å². The zero-order valence-electron chi connectivity index (χ0n) is 19.4. The lowest BCUT2D eigenvalue weighted by atomic mass is 10.0. The molecule has 0 amide bonds. The highest BCUT2D eigenvalue weighted by Crippen LogP contribution is 2.55. The summed E-state index contributed by atoms with van der Waals surface area (Å²) < 4.78 is 42.0. The predicted molar refractivity (Wildman–Crippen MR) is 127 cm³/mol. The Morgan fingerprint density at radius 2 is 1.47 bits per heavy atom. The molecule has 1 saturated carbocycles. The summed E-state index contributed by atoms with van der Waals surface area (Å²) in [5.74, 6) is 0.125. The van der Waals surface area contributed by atoms with Gasteiger partial charge in [0.25, 0.3) is 0 Å². The van der Waals surface area contributed by atoms with E-state index in [0.717, 1.165) is 12.0 Å². The lowest BCUT2D eigenvalue weighted by molar-refractivity contribution is 0.355. The SMILES string of the molecule is COc1cc2ncn(-c3cc(C4CC4c4cnc(-c5ncccn5)nc4)cc(F)c3F)c2cc1OC. The molecule has 180 valence electrons. The lowest BCUT2D eigenvalue weighted by Crippen LogP contribution is -2.02. The number of aromatic nitrogens is 6. The van der Waals surface area contributed by atoms with E-state index in [1.807, 2.05) is 0 Å². The van der Waals surface area contributed by atoms with Crippen molar-refractivity contribution in [3.05, 3.63) is 84.2 Å². The van der Waals surface area contributed by atoms with E-state index in [9.17, 15) is 8.78 Å². The van der Waals surface area contributed by atoms with Crippen LogP contribution < -0.4 is 9.47 Å². The minimum absolute atomic E-state index is 0.0192. The molecular weight excluding hydrogens is 466 g/mol. The van der Waals surface area contributed by atoms with Crippen LogP contribution in [0.5, 0.6) is 11.5 Å². The zero-order valence-corrected chi connectivity index (χ0v) is 19.4. The molecule has 5 aromatic rings. The van der Waals surface area contributed by atoms with Gasteiger partial charge in [0.05, 0.1) is 30.9 Å². The van der Waals surface area contributed by atoms with Crippen LogP contribution in [0.3, 0.4) is 0 Å². The second-order valence-electron chi connectivity index (χ2n) is 8.51. The lowest BCUT2D eigenvalue weighted by Gasteiger charge is -2.12. The number of imidazole rings is 1. The Hall–Kier alpha value is -4.47. The third kappa shape index (κ3) is 3.71. The van der Waals surface area contributed by atoms with Gasteiger partial charge in [0.1, 0.15) is 6.33 Å². The molecule has 0 N–H and O–H groups in total. The maximum absolute atomic E-state index is 15.0. The number of benzene rings is 2. The minimum Gasteiger partial charge on any atom is -0.493 e. The molecule has 0 radical (unpaired) electrons. The number of methoxy groups -OCH3 is 2. The molecule has 0 spiro atoms. The number of hydrogen-bond donors (Lipinski definition) is 0. The van der Waals surface area contributed by atoms with Gasteiger partial charge in [0, 0.05) is 36.9 Å². The van der Waals surface area contributed by atoms with E-state index >= 15 is 0 Å². The molecule has 2 atom stereocenters. The van der Waals surface area contributed by atoms with Crippen LogP contribution in [0, 0.1) is 11.6 Å². The van der Waals surface area contributed by atoms with Crippen molar-refractivity contribution >= 4 is 11.0 Å². The van der Waals surface area contributed by atoms with Gasteiger partial charge in [-0.2, -0.15) is 0 Å². The van der Waals surface area contributed by atoms with Gasteiger partial charge in [-0.15, -0.1) is 0 Å². The van der Waals surface area contributed by atoms with E-state index in [0.29, 0.717) is 39.7 Å². The Labute approximate surface area is 204 Å². The molecule has 0 aliphatic heterocycles. The number of fused-ring (bicyclic) bond motifs is 1. The number of nitrogens with zero attached hydrogens (tertiary/aromatic N) is 6. The van der Waals surface area contributed by atoms with Gasteiger partial charge in [0.15, 0.2) is 34.8 Å². The highest BCUT2D eigenvalue weighted by atomic mass is 19.2. The topological polar surface area (TPSA) is 87.8 Å². The van der Waals surface area contributed by atoms with E-state index in [1.54, 1.807) is 49.1 Å². The summed E-state index contributed by atoms with van der Waals surface area (Å²) >= 11 is 0. The molecule has 2 unspecified atom stereocenters. The first-order chi connectivity index (χ1) is 17.6. The molecule has 0 bridgehead atoms. The monoisotopic (exact) mass is 486 g/mol. The first kappa shape index (κ1) is 22.0. The van der Waals surface area contributed by atoms with E-state index in [1.165, 1.54) is 31.2 Å². The molecule has 10 heteroatoms. The van der Waals surface area contributed by atoms with Crippen LogP contribution in [0.15, 0.2) is 61.4 Å². The molecule has 3 aromatic heterocycles. The van der Waals surface area contributed by atoms with Gasteiger partial charge >= 0.3 is 0 Å². The summed E-state index contributed by atoms with van der Waals surface area (Å²) in [4.78, 5) is 21.4. The van der Waals surface area contributed by atoms with Crippen LogP contribution in [0.4, 0.5) is 8.78 Å². The number of halogens is 2. The highest BCUT2D eigenvalue weighted by Gasteiger charge is 2.41. The van der Waals surface area contributed by atoms with Crippen molar-refractivity contribution in [3.63, 3.8) is 0 Å². The average molecular weight is 486 g/mol. The summed E-state index contributed by atoms with van der Waals surface area (Å²) in [5.41, 5.74) is 2.85. The smallest absolute Gasteiger partial charge is 0.197 e. The average Bonchev–Trinajstić information content (AvgIpc) is 3.62. The second kappa shape index (κ2) is 8.63. The second-order valence-corrected chi connectivity index (χ2v) is 8.51. The van der Waals surface area contributed by atoms with Gasteiger partial charge in [-0.25, -0.2) is 33.7 Å². The van der Waals surface area contributed by atoms with Crippen LogP contribution in [-0.2, 0) is 0 Å². The molecule has 36 heavy (non-hydrogen) atoms. The Bertz CT molecular complexity index is 1570. The van der Waals surface area contributed by atoms with Crippen molar-refractivity contribution in [2.24, 2.45) is 0 Å². The quantitative estimate of drug-likeness (QED) is 0.339. The summed E-state index contributed by atoms with van der Waals surface area (Å²) in [5, 5.41) is 0. The molecule has 8 nitrogen and oxygen atoms in total. The summed E-state index contributed by atoms with van der Waals surface area (Å²) in [7, 11) is 3.04. The van der Waals surface area contributed by atoms with Gasteiger partial charge in [-0.05, 0) is 47.6 Å². The van der Waals surface area contributed by atoms with Gasteiger partial charge in [0.2, 0.25) is 0 Å². The summed E-state index contributed by atoms with van der Waals surface area (Å²) in [6, 6.07) is 8.06. The molecule has 1 aliphatic rings. The minimum atomic E-state index is -0.944. The molecular formula is C26H20F2N6O2. The first-order valence-corrected chi connectivity index (χ1v) is 11.2. The van der Waals surface area contributed by atoms with Crippen molar-refractivity contribution in [2.75, 3.05) is 14.2 Å². The molecule has 3 heterocycles. The molecule has 6 rings (SSSR count). The van der Waals surface area contributed by atoms with Crippen molar-refractivity contribution < 1.29 is 18.3 Å². The fraction of sp³-hybridized carbons (Fsp3) is 0.192. The van der Waals surface area contributed by atoms with Crippen LogP contribution in [0.25, 0.3) is 28.4 Å². The van der Waals surface area contributed by atoms with E-state index in [2.05, 4.69) is 24.9 Å². The highest BCUT2D eigenvalue weighted by molar-refractivity contribution is 5.81. The third-order valence-corrected chi connectivity index (χ3v) is 6.43. The summed E-state index contributed by atoms with van der Waals surface area (Å²) in [6.45, 7) is 0. The van der Waals surface area contributed by atoms with E-state index in [-0.39, 0.29) is 17.5 Å². The van der Waals surface area contributed by atoms with Crippen LogP contribution in [-0.4, -0.2) is 43.7 Å². The largest absolute Gasteiger partial charge is 0.493 e. The molecule has 0 saturated heterocycles. The fourth-order valence-corrected chi connectivity index (χ4v) is 4.50. The Morgan fingerprint density at radius 1 is 0.806 bits per heavy atom. The Balaban J connectivity index is 1.32. The van der Waals surface area contributed by atoms with Crippen LogP contribution in [0.1, 0.15) is 29.4 Å². The predicted octanol–water partition coefficient (Wildman–Crippen LogP) is 4.84. The Morgan fingerprint density at radius 3 is 2.19 bits per heavy atom. The maximum Gasteiger partial charge on any atom is 0.197 e. The maximum atomic E-state index is 15.0. The van der Waals surface area contributed by atoms with E-state index < -0.39 is 11.6 Å². The zero-order chi connectivity index (χ0) is 24.8. The molecule has 1 aliphatic carbocycles. The normalized spacial score (nSPS) is 16.8. The van der Waals surface area contributed by atoms with Crippen LogP contribution in [0.2, 0.25) is 0 Å². The standard InChI is InChI=1S/C26H20F2N6O2/c1-35-22-9-19-20(10-23(22)36-2)34(13-33-19)21-7-14(6-18(27)24(21)28)16-8-17(16)15-11-31-26(32-12-15)25-29-4-3-5-30-25/h3-7,9-13,16-17H,8H2,1-2H3. The van der Waals surface area contributed by atoms with Crippen molar-refractivity contribution in [1.29, 1.82) is 0 Å². The number of hydrogen-bond acceptors (Lipinski definition) is 7. The first-order valence-electron chi connectivity index (χ1n) is 11.2. The number of ether oxygens (including phenoxy) is 2. The van der Waals surface area contributed by atoms with Crippen molar-refractivity contribution in [1.82, 2.24) is 29.5 Å². The van der Waals surface area contributed by atoms with Crippen molar-refractivity contribution in [2.45, 2.75) is 18.3 Å². The van der Waals surface area contributed by atoms with Gasteiger partial charge in [-0.3, -0.25) is 4.57 Å². The fourth-order valence-electron chi connectivity index (χ4n) is 4.50. The molecule has 1 fully saturated rings. The van der Waals surface area contributed by atoms with Crippen molar-refractivity contribution in [3.8, 4) is 28.8 Å². The summed E-state index contributed by atoms with van der Waals surface area (Å²) in [6.07, 6.45) is 9.00. The Kier molecular flexibility index (Phi) is 5.28. The van der Waals surface area contributed by atoms with Gasteiger partial charge in [-0.1, -0.05) is 0 Å². The molecule has 2 aromatic carbocycles. The van der Waals surface area contributed by atoms with Gasteiger partial charge < -0.3 is 9.47 Å².